The summed E-state index contributed by atoms with van der Waals surface area (Å²) in [5.74, 6) is 0.598. The fraction of sp³-hybridized carbons (Fsp3) is 0.118. The van der Waals surface area contributed by atoms with Gasteiger partial charge in [0.15, 0.2) is 0 Å². The number of aromatic nitrogens is 1. The lowest BCUT2D eigenvalue weighted by Crippen LogP contribution is -2.03. The third-order valence-electron chi connectivity index (χ3n) is 3.09. The molecule has 0 aliphatic carbocycles. The van der Waals surface area contributed by atoms with Gasteiger partial charge in [-0.1, -0.05) is 30.3 Å². The highest BCUT2D eigenvalue weighted by Crippen LogP contribution is 2.23. The summed E-state index contributed by atoms with van der Waals surface area (Å²) in [7, 11) is 0. The van der Waals surface area contributed by atoms with Crippen LogP contribution in [0.5, 0.6) is 11.6 Å². The van der Waals surface area contributed by atoms with Gasteiger partial charge in [0.25, 0.3) is 0 Å². The van der Waals surface area contributed by atoms with Gasteiger partial charge >= 0.3 is 6.61 Å². The molecule has 0 radical (unpaired) electrons. The summed E-state index contributed by atoms with van der Waals surface area (Å²) in [5, 5.41) is 0.798. The fourth-order valence-electron chi connectivity index (χ4n) is 2.07. The molecule has 0 N–H and O–H groups in total. The van der Waals surface area contributed by atoms with Crippen molar-refractivity contribution >= 4 is 10.9 Å². The predicted molar refractivity (Wildman–Crippen MR) is 79.1 cm³/mol. The number of halogens is 2. The van der Waals surface area contributed by atoms with Crippen molar-refractivity contribution in [2.75, 3.05) is 0 Å². The van der Waals surface area contributed by atoms with E-state index in [-0.39, 0.29) is 5.88 Å². The van der Waals surface area contributed by atoms with Crippen LogP contribution in [0.2, 0.25) is 0 Å². The van der Waals surface area contributed by atoms with Crippen LogP contribution in [0.4, 0.5) is 8.78 Å². The standard InChI is InChI=1S/C17H13F2NO2/c18-17(19)22-16-9-6-13-10-14(7-8-15(13)20-16)21-11-12-4-2-1-3-5-12/h1-10,17H,11H2. The van der Waals surface area contributed by atoms with E-state index < -0.39 is 6.61 Å². The molecule has 0 saturated heterocycles. The zero-order chi connectivity index (χ0) is 15.4. The number of rotatable bonds is 5. The van der Waals surface area contributed by atoms with Crippen molar-refractivity contribution < 1.29 is 18.3 Å². The Morgan fingerprint density at radius 1 is 0.955 bits per heavy atom. The molecule has 0 aliphatic heterocycles. The molecule has 112 valence electrons. The second-order valence-corrected chi connectivity index (χ2v) is 4.66. The Morgan fingerprint density at radius 3 is 2.55 bits per heavy atom. The van der Waals surface area contributed by atoms with Crippen molar-refractivity contribution in [3.05, 3.63) is 66.2 Å². The Balaban J connectivity index is 1.75. The van der Waals surface area contributed by atoms with Crippen LogP contribution in [0.15, 0.2) is 60.7 Å². The van der Waals surface area contributed by atoms with Crippen LogP contribution < -0.4 is 9.47 Å². The topological polar surface area (TPSA) is 31.4 Å². The minimum Gasteiger partial charge on any atom is -0.489 e. The van der Waals surface area contributed by atoms with Gasteiger partial charge in [0, 0.05) is 11.5 Å². The van der Waals surface area contributed by atoms with Gasteiger partial charge in [-0.25, -0.2) is 4.98 Å². The van der Waals surface area contributed by atoms with Gasteiger partial charge in [-0.05, 0) is 29.8 Å². The Kier molecular flexibility index (Phi) is 4.14. The molecule has 0 amide bonds. The second-order valence-electron chi connectivity index (χ2n) is 4.66. The quantitative estimate of drug-likeness (QED) is 0.699. The summed E-state index contributed by atoms with van der Waals surface area (Å²) in [5.41, 5.74) is 1.65. The van der Waals surface area contributed by atoms with Crippen molar-refractivity contribution in [3.8, 4) is 11.6 Å². The number of nitrogens with zero attached hydrogens (tertiary/aromatic N) is 1. The minimum absolute atomic E-state index is 0.0968. The van der Waals surface area contributed by atoms with Crippen molar-refractivity contribution in [2.45, 2.75) is 13.2 Å². The van der Waals surface area contributed by atoms with Gasteiger partial charge in [0.2, 0.25) is 5.88 Å². The van der Waals surface area contributed by atoms with Crippen LogP contribution in [-0.2, 0) is 6.61 Å². The number of ether oxygens (including phenoxy) is 2. The highest BCUT2D eigenvalue weighted by Gasteiger charge is 2.07. The lowest BCUT2D eigenvalue weighted by molar-refractivity contribution is -0.0526. The molecule has 0 unspecified atom stereocenters. The van der Waals surface area contributed by atoms with Crippen molar-refractivity contribution in [2.24, 2.45) is 0 Å². The Bertz CT molecular complexity index is 763. The summed E-state index contributed by atoms with van der Waals surface area (Å²) < 4.78 is 34.3. The minimum atomic E-state index is -2.88. The first kappa shape index (κ1) is 14.3. The summed E-state index contributed by atoms with van der Waals surface area (Å²) in [6, 6.07) is 18.2. The molecule has 5 heteroatoms. The monoisotopic (exact) mass is 301 g/mol. The zero-order valence-corrected chi connectivity index (χ0v) is 11.6. The smallest absolute Gasteiger partial charge is 0.388 e. The number of hydrogen-bond acceptors (Lipinski definition) is 3. The van der Waals surface area contributed by atoms with Gasteiger partial charge in [0.05, 0.1) is 5.52 Å². The molecule has 1 heterocycles. The lowest BCUT2D eigenvalue weighted by atomic mass is 10.2. The molecular weight excluding hydrogens is 288 g/mol. The Hall–Kier alpha value is -2.69. The van der Waals surface area contributed by atoms with Crippen LogP contribution in [0.25, 0.3) is 10.9 Å². The molecule has 0 aliphatic rings. The Morgan fingerprint density at radius 2 is 1.77 bits per heavy atom. The van der Waals surface area contributed by atoms with Gasteiger partial charge < -0.3 is 9.47 Å². The first-order valence-electron chi connectivity index (χ1n) is 6.73. The number of benzene rings is 2. The van der Waals surface area contributed by atoms with Crippen molar-refractivity contribution in [1.82, 2.24) is 4.98 Å². The maximum atomic E-state index is 12.2. The van der Waals surface area contributed by atoms with E-state index in [1.165, 1.54) is 6.07 Å². The number of fused-ring (bicyclic) bond motifs is 1. The third-order valence-corrected chi connectivity index (χ3v) is 3.09. The van der Waals surface area contributed by atoms with Crippen molar-refractivity contribution in [1.29, 1.82) is 0 Å². The molecule has 3 aromatic rings. The fourth-order valence-corrected chi connectivity index (χ4v) is 2.07. The van der Waals surface area contributed by atoms with E-state index in [4.69, 9.17) is 4.74 Å². The molecule has 0 bridgehead atoms. The zero-order valence-electron chi connectivity index (χ0n) is 11.6. The maximum absolute atomic E-state index is 12.2. The van der Waals surface area contributed by atoms with Gasteiger partial charge in [0.1, 0.15) is 12.4 Å². The molecule has 0 spiro atoms. The third kappa shape index (κ3) is 3.49. The van der Waals surface area contributed by atoms with Crippen LogP contribution in [0.3, 0.4) is 0 Å². The van der Waals surface area contributed by atoms with Crippen LogP contribution in [-0.4, -0.2) is 11.6 Å². The average molecular weight is 301 g/mol. The lowest BCUT2D eigenvalue weighted by Gasteiger charge is -2.08. The summed E-state index contributed by atoms with van der Waals surface area (Å²) in [6.07, 6.45) is 0. The van der Waals surface area contributed by atoms with Gasteiger partial charge in [-0.2, -0.15) is 8.78 Å². The molecule has 0 saturated carbocycles. The van der Waals surface area contributed by atoms with E-state index in [9.17, 15) is 8.78 Å². The Labute approximate surface area is 126 Å². The number of hydrogen-bond donors (Lipinski definition) is 0. The molecule has 0 atom stereocenters. The molecule has 0 fully saturated rings. The average Bonchev–Trinajstić information content (AvgIpc) is 2.53. The maximum Gasteiger partial charge on any atom is 0.388 e. The molecule has 3 rings (SSSR count). The molecule has 2 aromatic carbocycles. The van der Waals surface area contributed by atoms with Crippen LogP contribution >= 0.6 is 0 Å². The van der Waals surface area contributed by atoms with E-state index in [1.54, 1.807) is 18.2 Å². The molecule has 1 aromatic heterocycles. The first-order valence-corrected chi connectivity index (χ1v) is 6.73. The first-order chi connectivity index (χ1) is 10.7. The highest BCUT2D eigenvalue weighted by atomic mass is 19.3. The normalized spacial score (nSPS) is 10.9. The van der Waals surface area contributed by atoms with E-state index in [2.05, 4.69) is 9.72 Å². The van der Waals surface area contributed by atoms with E-state index in [0.29, 0.717) is 17.9 Å². The van der Waals surface area contributed by atoms with E-state index in [0.717, 1.165) is 10.9 Å². The SMILES string of the molecule is FC(F)Oc1ccc2cc(OCc3ccccc3)ccc2n1. The summed E-state index contributed by atoms with van der Waals surface area (Å²) in [4.78, 5) is 4.02. The summed E-state index contributed by atoms with van der Waals surface area (Å²) >= 11 is 0. The largest absolute Gasteiger partial charge is 0.489 e. The van der Waals surface area contributed by atoms with Crippen molar-refractivity contribution in [3.63, 3.8) is 0 Å². The molecule has 22 heavy (non-hydrogen) atoms. The predicted octanol–water partition coefficient (Wildman–Crippen LogP) is 4.42. The van der Waals surface area contributed by atoms with E-state index >= 15 is 0 Å². The molecule has 3 nitrogen and oxygen atoms in total. The number of alkyl halides is 2. The van der Waals surface area contributed by atoms with Gasteiger partial charge in [-0.15, -0.1) is 0 Å². The van der Waals surface area contributed by atoms with Crippen LogP contribution in [0.1, 0.15) is 5.56 Å². The molecular formula is C17H13F2NO2. The van der Waals surface area contributed by atoms with Crippen LogP contribution in [0, 0.1) is 0 Å². The second kappa shape index (κ2) is 6.39. The summed E-state index contributed by atoms with van der Waals surface area (Å²) in [6.45, 7) is -2.41. The highest BCUT2D eigenvalue weighted by molar-refractivity contribution is 5.80. The van der Waals surface area contributed by atoms with Gasteiger partial charge in [-0.3, -0.25) is 0 Å². The van der Waals surface area contributed by atoms with E-state index in [1.807, 2.05) is 36.4 Å². The number of pyridine rings is 1.